The van der Waals surface area contributed by atoms with Crippen LogP contribution in [0.1, 0.15) is 52.8 Å². The van der Waals surface area contributed by atoms with Crippen molar-refractivity contribution >= 4 is 29.3 Å². The first kappa shape index (κ1) is 28.0. The highest BCUT2D eigenvalue weighted by Crippen LogP contribution is 2.27. The molecule has 0 atom stereocenters. The number of carbonyl (C=O) groups excluding carboxylic acids is 2. The molecule has 3 aromatic rings. The second-order valence-corrected chi connectivity index (χ2v) is 12.0. The van der Waals surface area contributed by atoms with Crippen molar-refractivity contribution in [1.29, 1.82) is 0 Å². The third kappa shape index (κ3) is 7.31. The lowest BCUT2D eigenvalue weighted by Crippen LogP contribution is -2.50. The van der Waals surface area contributed by atoms with Gasteiger partial charge < -0.3 is 19.9 Å². The Morgan fingerprint density at radius 1 is 0.821 bits per heavy atom. The fraction of sp³-hybridized carbons (Fsp3) is 0.433. The van der Waals surface area contributed by atoms with Crippen molar-refractivity contribution < 1.29 is 14.3 Å². The summed E-state index contributed by atoms with van der Waals surface area (Å²) in [6.07, 6.45) is -0.272. The standard InChI is InChI=1S/C30H40N6O3/c1-21-8-12-24(13-9-21)36-26(20-25(33-36)29(2,3)4)32-27(37)31-22-10-14-23(15-11-22)34-16-18-35(19-17-34)28(38)39-30(5,6)7/h8-15,20H,16-19H2,1-7H3,(H2,31,32,37). The Kier molecular flexibility index (Phi) is 7.90. The number of hydrogen-bond acceptors (Lipinski definition) is 5. The molecule has 39 heavy (non-hydrogen) atoms. The Morgan fingerprint density at radius 2 is 1.41 bits per heavy atom. The van der Waals surface area contributed by atoms with E-state index >= 15 is 0 Å². The number of nitrogens with one attached hydrogen (secondary N) is 2. The van der Waals surface area contributed by atoms with Gasteiger partial charge in [0.2, 0.25) is 0 Å². The van der Waals surface area contributed by atoms with E-state index in [1.54, 1.807) is 9.58 Å². The molecule has 1 aromatic heterocycles. The SMILES string of the molecule is Cc1ccc(-n2nc(C(C)(C)C)cc2NC(=O)Nc2ccc(N3CCN(C(=O)OC(C)(C)C)CC3)cc2)cc1. The van der Waals surface area contributed by atoms with Gasteiger partial charge in [0.15, 0.2) is 0 Å². The number of ether oxygens (including phenoxy) is 1. The normalized spacial score (nSPS) is 14.2. The lowest BCUT2D eigenvalue weighted by molar-refractivity contribution is 0.0240. The van der Waals surface area contributed by atoms with E-state index in [1.165, 1.54) is 0 Å². The molecule has 9 heteroatoms. The van der Waals surface area contributed by atoms with Crippen molar-refractivity contribution in [1.82, 2.24) is 14.7 Å². The maximum absolute atomic E-state index is 12.9. The predicted octanol–water partition coefficient (Wildman–Crippen LogP) is 6.18. The highest BCUT2D eigenvalue weighted by molar-refractivity contribution is 5.99. The van der Waals surface area contributed by atoms with Crippen LogP contribution in [0.4, 0.5) is 26.8 Å². The van der Waals surface area contributed by atoms with E-state index in [2.05, 4.69) is 36.3 Å². The zero-order chi connectivity index (χ0) is 28.4. The molecule has 1 fully saturated rings. The van der Waals surface area contributed by atoms with Crippen molar-refractivity contribution in [2.75, 3.05) is 41.7 Å². The largest absolute Gasteiger partial charge is 0.444 e. The minimum Gasteiger partial charge on any atom is -0.444 e. The first-order valence-corrected chi connectivity index (χ1v) is 13.4. The second-order valence-electron chi connectivity index (χ2n) is 12.0. The van der Waals surface area contributed by atoms with Gasteiger partial charge in [0.1, 0.15) is 11.4 Å². The van der Waals surface area contributed by atoms with Gasteiger partial charge in [0, 0.05) is 49.0 Å². The molecule has 1 aliphatic heterocycles. The number of hydrogen-bond donors (Lipinski definition) is 2. The van der Waals surface area contributed by atoms with Crippen LogP contribution in [-0.2, 0) is 10.2 Å². The third-order valence-corrected chi connectivity index (χ3v) is 6.42. The molecule has 0 radical (unpaired) electrons. The zero-order valence-corrected chi connectivity index (χ0v) is 24.0. The highest BCUT2D eigenvalue weighted by Gasteiger charge is 2.26. The van der Waals surface area contributed by atoms with Gasteiger partial charge in [-0.05, 0) is 64.1 Å². The van der Waals surface area contributed by atoms with E-state index in [0.717, 1.165) is 22.6 Å². The van der Waals surface area contributed by atoms with E-state index < -0.39 is 5.60 Å². The van der Waals surface area contributed by atoms with Gasteiger partial charge in [0.25, 0.3) is 0 Å². The van der Waals surface area contributed by atoms with Gasteiger partial charge in [-0.15, -0.1) is 0 Å². The summed E-state index contributed by atoms with van der Waals surface area (Å²) in [5.41, 5.74) is 3.97. The number of amides is 3. The number of carbonyl (C=O) groups is 2. The summed E-state index contributed by atoms with van der Waals surface area (Å²) in [5.74, 6) is 0.598. The average molecular weight is 533 g/mol. The average Bonchev–Trinajstić information content (AvgIpc) is 3.28. The van der Waals surface area contributed by atoms with E-state index in [0.29, 0.717) is 37.7 Å². The Bertz CT molecular complexity index is 1290. The fourth-order valence-corrected chi connectivity index (χ4v) is 4.23. The van der Waals surface area contributed by atoms with Crippen LogP contribution in [0.5, 0.6) is 0 Å². The van der Waals surface area contributed by atoms with Crippen molar-refractivity contribution in [3.8, 4) is 5.69 Å². The van der Waals surface area contributed by atoms with Crippen LogP contribution in [0.3, 0.4) is 0 Å². The lowest BCUT2D eigenvalue weighted by Gasteiger charge is -2.36. The van der Waals surface area contributed by atoms with Crippen LogP contribution in [0.2, 0.25) is 0 Å². The molecule has 1 aliphatic rings. The van der Waals surface area contributed by atoms with Crippen LogP contribution in [0.15, 0.2) is 54.6 Å². The number of anilines is 3. The summed E-state index contributed by atoms with van der Waals surface area (Å²) in [6, 6.07) is 17.3. The van der Waals surface area contributed by atoms with E-state index in [9.17, 15) is 9.59 Å². The molecule has 0 unspecified atom stereocenters. The number of benzene rings is 2. The van der Waals surface area contributed by atoms with Gasteiger partial charge in [-0.3, -0.25) is 5.32 Å². The topological polar surface area (TPSA) is 91.7 Å². The van der Waals surface area contributed by atoms with Crippen LogP contribution in [0.25, 0.3) is 5.69 Å². The first-order valence-electron chi connectivity index (χ1n) is 13.4. The summed E-state index contributed by atoms with van der Waals surface area (Å²) >= 11 is 0. The number of piperazine rings is 1. The Labute approximate surface area is 231 Å². The predicted molar refractivity (Wildman–Crippen MR) is 156 cm³/mol. The highest BCUT2D eigenvalue weighted by atomic mass is 16.6. The van der Waals surface area contributed by atoms with Gasteiger partial charge in [-0.1, -0.05) is 38.5 Å². The number of aromatic nitrogens is 2. The van der Waals surface area contributed by atoms with E-state index in [1.807, 2.05) is 82.3 Å². The monoisotopic (exact) mass is 532 g/mol. The summed E-state index contributed by atoms with van der Waals surface area (Å²) < 4.78 is 7.25. The Balaban J connectivity index is 1.38. The van der Waals surface area contributed by atoms with E-state index in [-0.39, 0.29) is 17.5 Å². The number of rotatable bonds is 4. The molecular formula is C30H40N6O3. The molecule has 2 heterocycles. The smallest absolute Gasteiger partial charge is 0.410 e. The van der Waals surface area contributed by atoms with E-state index in [4.69, 9.17) is 9.84 Å². The van der Waals surface area contributed by atoms with Crippen LogP contribution in [-0.4, -0.2) is 58.6 Å². The quantitative estimate of drug-likeness (QED) is 0.419. The molecule has 2 aromatic carbocycles. The molecule has 3 amide bonds. The van der Waals surface area contributed by atoms with Crippen molar-refractivity contribution in [2.45, 2.75) is 59.5 Å². The van der Waals surface area contributed by atoms with Crippen molar-refractivity contribution in [3.05, 3.63) is 65.9 Å². The Morgan fingerprint density at radius 3 is 1.97 bits per heavy atom. The molecule has 4 rings (SSSR count). The number of urea groups is 1. The fourth-order valence-electron chi connectivity index (χ4n) is 4.23. The molecule has 2 N–H and O–H groups in total. The van der Waals surface area contributed by atoms with Gasteiger partial charge in [0.05, 0.1) is 11.4 Å². The lowest BCUT2D eigenvalue weighted by atomic mass is 9.92. The molecular weight excluding hydrogens is 492 g/mol. The first-order chi connectivity index (χ1) is 18.3. The maximum Gasteiger partial charge on any atom is 0.410 e. The zero-order valence-electron chi connectivity index (χ0n) is 24.0. The molecule has 0 spiro atoms. The molecule has 208 valence electrons. The van der Waals surface area contributed by atoms with Gasteiger partial charge in [-0.25, -0.2) is 14.3 Å². The van der Waals surface area contributed by atoms with Crippen molar-refractivity contribution in [3.63, 3.8) is 0 Å². The minimum atomic E-state index is -0.501. The third-order valence-electron chi connectivity index (χ3n) is 6.42. The molecule has 9 nitrogen and oxygen atoms in total. The second kappa shape index (κ2) is 11.0. The van der Waals surface area contributed by atoms with Gasteiger partial charge >= 0.3 is 12.1 Å². The minimum absolute atomic E-state index is 0.170. The van der Waals surface area contributed by atoms with Crippen LogP contribution < -0.4 is 15.5 Å². The number of aryl methyl sites for hydroxylation is 1. The van der Waals surface area contributed by atoms with Gasteiger partial charge in [-0.2, -0.15) is 5.10 Å². The summed E-state index contributed by atoms with van der Waals surface area (Å²) in [7, 11) is 0. The summed E-state index contributed by atoms with van der Waals surface area (Å²) in [6.45, 7) is 16.6. The molecule has 0 saturated carbocycles. The maximum atomic E-state index is 12.9. The summed E-state index contributed by atoms with van der Waals surface area (Å²) in [4.78, 5) is 29.2. The Hall–Kier alpha value is -4.01. The molecule has 0 aliphatic carbocycles. The molecule has 0 bridgehead atoms. The molecule has 1 saturated heterocycles. The van der Waals surface area contributed by atoms with Crippen LogP contribution >= 0.6 is 0 Å². The number of nitrogens with zero attached hydrogens (tertiary/aromatic N) is 4. The van der Waals surface area contributed by atoms with Crippen molar-refractivity contribution in [2.24, 2.45) is 0 Å². The van der Waals surface area contributed by atoms with Crippen LogP contribution in [0, 0.1) is 6.92 Å². The summed E-state index contributed by atoms with van der Waals surface area (Å²) in [5, 5.41) is 10.7.